The number of aromatic nitrogens is 2. The third-order valence-electron chi connectivity index (χ3n) is 1.36. The molecular weight excluding hydrogens is 258 g/mol. The first-order valence-electron chi connectivity index (χ1n) is 3.50. The van der Waals surface area contributed by atoms with E-state index in [0.29, 0.717) is 13.0 Å². The molecule has 62 valence electrons. The maximum atomic E-state index is 12.4. The summed E-state index contributed by atoms with van der Waals surface area (Å²) < 4.78 is 15.2. The second-order valence-electron chi connectivity index (χ2n) is 2.49. The first-order valence-corrected chi connectivity index (χ1v) is 4.58. The van der Waals surface area contributed by atoms with Gasteiger partial charge < -0.3 is 0 Å². The zero-order valence-electron chi connectivity index (χ0n) is 6.30. The van der Waals surface area contributed by atoms with Crippen LogP contribution in [0.5, 0.6) is 0 Å². The van der Waals surface area contributed by atoms with Crippen LogP contribution in [0.25, 0.3) is 0 Å². The molecule has 0 saturated carbocycles. The highest BCUT2D eigenvalue weighted by Crippen LogP contribution is 2.03. The van der Waals surface area contributed by atoms with Crippen LogP contribution in [0.1, 0.15) is 13.3 Å². The fourth-order valence-electron chi connectivity index (χ4n) is 0.771. The van der Waals surface area contributed by atoms with Gasteiger partial charge in [-0.3, -0.25) is 4.68 Å². The van der Waals surface area contributed by atoms with Gasteiger partial charge in [0.1, 0.15) is 0 Å². The molecule has 1 aromatic heterocycles. The van der Waals surface area contributed by atoms with Crippen LogP contribution in [0.15, 0.2) is 12.4 Å². The molecule has 0 aliphatic carbocycles. The van der Waals surface area contributed by atoms with Gasteiger partial charge in [-0.05, 0) is 35.9 Å². The minimum Gasteiger partial charge on any atom is -0.272 e. The fraction of sp³-hybridized carbons (Fsp3) is 0.571. The summed E-state index contributed by atoms with van der Waals surface area (Å²) in [4.78, 5) is 0. The van der Waals surface area contributed by atoms with Crippen molar-refractivity contribution < 1.29 is 4.39 Å². The first-order chi connectivity index (χ1) is 5.18. The zero-order chi connectivity index (χ0) is 8.27. The Hall–Kier alpha value is -0.130. The molecule has 1 heterocycles. The second kappa shape index (κ2) is 4.04. The first kappa shape index (κ1) is 8.96. The minimum absolute atomic E-state index is 0.539. The van der Waals surface area contributed by atoms with Crippen LogP contribution in [0.3, 0.4) is 0 Å². The van der Waals surface area contributed by atoms with Crippen LogP contribution in [0.2, 0.25) is 0 Å². The number of nitrogens with zero attached hydrogens (tertiary/aromatic N) is 2. The number of hydrogen-bond acceptors (Lipinski definition) is 1. The molecule has 0 fully saturated rings. The predicted octanol–water partition coefficient (Wildman–Crippen LogP) is 2.24. The molecule has 1 rings (SSSR count). The summed E-state index contributed by atoms with van der Waals surface area (Å²) in [6.45, 7) is 2.23. The molecule has 0 saturated heterocycles. The van der Waals surface area contributed by atoms with Crippen LogP contribution in [0.4, 0.5) is 4.39 Å². The van der Waals surface area contributed by atoms with E-state index in [-0.39, 0.29) is 0 Å². The lowest BCUT2D eigenvalue weighted by atomic mass is 10.3. The molecular formula is C7H10FIN2. The van der Waals surface area contributed by atoms with E-state index in [1.54, 1.807) is 17.8 Å². The highest BCUT2D eigenvalue weighted by atomic mass is 127. The van der Waals surface area contributed by atoms with Crippen LogP contribution in [-0.4, -0.2) is 16.0 Å². The maximum Gasteiger partial charge on any atom is 0.0991 e. The molecule has 0 amide bonds. The molecule has 4 heteroatoms. The van der Waals surface area contributed by atoms with Crippen molar-refractivity contribution in [3.63, 3.8) is 0 Å². The molecule has 0 bridgehead atoms. The van der Waals surface area contributed by atoms with E-state index in [1.165, 1.54) is 0 Å². The summed E-state index contributed by atoms with van der Waals surface area (Å²) in [6.07, 6.45) is 3.47. The highest BCUT2D eigenvalue weighted by molar-refractivity contribution is 14.1. The van der Waals surface area contributed by atoms with Gasteiger partial charge in [0.25, 0.3) is 0 Å². The van der Waals surface area contributed by atoms with Gasteiger partial charge in [-0.15, -0.1) is 0 Å². The van der Waals surface area contributed by atoms with Gasteiger partial charge in [-0.1, -0.05) is 0 Å². The van der Waals surface area contributed by atoms with E-state index in [0.717, 1.165) is 3.57 Å². The Balaban J connectivity index is 2.39. The van der Waals surface area contributed by atoms with E-state index in [9.17, 15) is 4.39 Å². The van der Waals surface area contributed by atoms with Crippen molar-refractivity contribution in [1.82, 2.24) is 9.78 Å². The number of rotatable bonds is 3. The van der Waals surface area contributed by atoms with Crippen molar-refractivity contribution in [1.29, 1.82) is 0 Å². The summed E-state index contributed by atoms with van der Waals surface area (Å²) in [5.74, 6) is 0. The molecule has 2 nitrogen and oxygen atoms in total. The Morgan fingerprint density at radius 2 is 2.55 bits per heavy atom. The molecule has 0 radical (unpaired) electrons. The minimum atomic E-state index is -0.739. The highest BCUT2D eigenvalue weighted by Gasteiger charge is 1.99. The monoisotopic (exact) mass is 268 g/mol. The lowest BCUT2D eigenvalue weighted by molar-refractivity contribution is 0.320. The Bertz CT molecular complexity index is 222. The topological polar surface area (TPSA) is 17.8 Å². The molecule has 0 N–H and O–H groups in total. The summed E-state index contributed by atoms with van der Waals surface area (Å²) in [7, 11) is 0. The van der Waals surface area contributed by atoms with Gasteiger partial charge in [-0.2, -0.15) is 5.10 Å². The molecule has 1 aromatic rings. The van der Waals surface area contributed by atoms with Crippen molar-refractivity contribution in [3.05, 3.63) is 16.0 Å². The van der Waals surface area contributed by atoms with Crippen molar-refractivity contribution in [2.75, 3.05) is 0 Å². The molecule has 0 spiro atoms. The van der Waals surface area contributed by atoms with Crippen molar-refractivity contribution in [3.8, 4) is 0 Å². The SMILES string of the molecule is C[C@H](F)CCn1cc(I)cn1. The van der Waals surface area contributed by atoms with Crippen molar-refractivity contribution >= 4 is 22.6 Å². The molecule has 0 unspecified atom stereocenters. The van der Waals surface area contributed by atoms with Crippen molar-refractivity contribution in [2.45, 2.75) is 26.1 Å². The number of alkyl halides is 1. The van der Waals surface area contributed by atoms with E-state index in [2.05, 4.69) is 27.7 Å². The van der Waals surface area contributed by atoms with Gasteiger partial charge >= 0.3 is 0 Å². The third kappa shape index (κ3) is 3.18. The summed E-state index contributed by atoms with van der Waals surface area (Å²) in [5.41, 5.74) is 0. The Morgan fingerprint density at radius 1 is 1.82 bits per heavy atom. The molecule has 1 atom stereocenters. The standard InChI is InChI=1S/C7H10FIN2/c1-6(8)2-3-11-5-7(9)4-10-11/h4-6H,2-3H2,1H3/t6-/m0/s1. The van der Waals surface area contributed by atoms with Gasteiger partial charge in [-0.25, -0.2) is 4.39 Å². The molecule has 11 heavy (non-hydrogen) atoms. The largest absolute Gasteiger partial charge is 0.272 e. The fourth-order valence-corrected chi connectivity index (χ4v) is 1.22. The van der Waals surface area contributed by atoms with E-state index in [4.69, 9.17) is 0 Å². The van der Waals surface area contributed by atoms with E-state index in [1.807, 2.05) is 6.20 Å². The Kier molecular flexibility index (Phi) is 3.29. The second-order valence-corrected chi connectivity index (χ2v) is 3.74. The average Bonchev–Trinajstić information content (AvgIpc) is 2.31. The van der Waals surface area contributed by atoms with Gasteiger partial charge in [0.05, 0.1) is 15.9 Å². The normalized spacial score (nSPS) is 13.4. The lowest BCUT2D eigenvalue weighted by Gasteiger charge is -2.00. The maximum absolute atomic E-state index is 12.4. The number of hydrogen-bond donors (Lipinski definition) is 0. The van der Waals surface area contributed by atoms with Gasteiger partial charge in [0, 0.05) is 12.7 Å². The predicted molar refractivity (Wildman–Crippen MR) is 50.1 cm³/mol. The summed E-state index contributed by atoms with van der Waals surface area (Å²) in [5, 5.41) is 4.03. The van der Waals surface area contributed by atoms with E-state index < -0.39 is 6.17 Å². The van der Waals surface area contributed by atoms with Gasteiger partial charge in [0.2, 0.25) is 0 Å². The number of aryl methyl sites for hydroxylation is 1. The average molecular weight is 268 g/mol. The van der Waals surface area contributed by atoms with Crippen LogP contribution < -0.4 is 0 Å². The molecule has 0 aliphatic heterocycles. The number of halogens is 2. The van der Waals surface area contributed by atoms with Crippen LogP contribution in [-0.2, 0) is 6.54 Å². The molecule has 0 aliphatic rings. The van der Waals surface area contributed by atoms with Gasteiger partial charge in [0.15, 0.2) is 0 Å². The zero-order valence-corrected chi connectivity index (χ0v) is 8.45. The smallest absolute Gasteiger partial charge is 0.0991 e. The Morgan fingerprint density at radius 3 is 3.00 bits per heavy atom. The van der Waals surface area contributed by atoms with E-state index >= 15 is 0 Å². The van der Waals surface area contributed by atoms with Crippen molar-refractivity contribution in [2.24, 2.45) is 0 Å². The van der Waals surface area contributed by atoms with Crippen LogP contribution in [0, 0.1) is 3.57 Å². The summed E-state index contributed by atoms with van der Waals surface area (Å²) >= 11 is 2.18. The molecule has 0 aromatic carbocycles. The quantitative estimate of drug-likeness (QED) is 0.769. The summed E-state index contributed by atoms with van der Waals surface area (Å²) in [6, 6.07) is 0. The third-order valence-corrected chi connectivity index (χ3v) is 1.91. The lowest BCUT2D eigenvalue weighted by Crippen LogP contribution is -2.03. The Labute approximate surface area is 78.9 Å². The van der Waals surface area contributed by atoms with Crippen LogP contribution >= 0.6 is 22.6 Å².